The van der Waals surface area contributed by atoms with Crippen molar-refractivity contribution in [3.8, 4) is 0 Å². The maximum absolute atomic E-state index is 11.2. The zero-order valence-electron chi connectivity index (χ0n) is 11.0. The summed E-state index contributed by atoms with van der Waals surface area (Å²) in [5.41, 5.74) is 6.98. The molecule has 2 aromatic carbocycles. The van der Waals surface area contributed by atoms with Crippen LogP contribution in [0.5, 0.6) is 0 Å². The van der Waals surface area contributed by atoms with E-state index in [1.54, 1.807) is 18.2 Å². The average Bonchev–Trinajstić information content (AvgIpc) is 2.37. The van der Waals surface area contributed by atoms with Crippen LogP contribution in [0.1, 0.15) is 11.1 Å². The first kappa shape index (κ1) is 16.9. The molecule has 0 aromatic heterocycles. The first-order valence-electron chi connectivity index (χ1n) is 5.55. The van der Waals surface area contributed by atoms with Crippen LogP contribution < -0.4 is 35.3 Å². The van der Waals surface area contributed by atoms with Crippen LogP contribution in [0.2, 0.25) is 0 Å². The topological polar surface area (TPSA) is 83.2 Å². The molecular weight excluding hydrogens is 285 g/mol. The van der Waals surface area contributed by atoms with Crippen LogP contribution >= 0.6 is 0 Å². The van der Waals surface area contributed by atoms with E-state index in [1.807, 2.05) is 30.3 Å². The van der Waals surface area contributed by atoms with Crippen molar-refractivity contribution in [2.45, 2.75) is 4.90 Å². The summed E-state index contributed by atoms with van der Waals surface area (Å²) in [5.74, 6) is 0. The second kappa shape index (κ2) is 7.06. The SMILES string of the molecule is Nc1ccc(C=Cc2ccccc2)c(S(=O)(=O)[O-])c1.[Na+]. The van der Waals surface area contributed by atoms with E-state index in [0.717, 1.165) is 5.56 Å². The summed E-state index contributed by atoms with van der Waals surface area (Å²) in [6, 6.07) is 13.6. The molecule has 6 heteroatoms. The van der Waals surface area contributed by atoms with E-state index in [2.05, 4.69) is 0 Å². The van der Waals surface area contributed by atoms with E-state index in [9.17, 15) is 13.0 Å². The third-order valence-electron chi connectivity index (χ3n) is 2.56. The minimum absolute atomic E-state index is 0. The predicted octanol–water partition coefficient (Wildman–Crippen LogP) is -0.653. The van der Waals surface area contributed by atoms with Crippen LogP contribution in [0.15, 0.2) is 53.4 Å². The third kappa shape index (κ3) is 4.47. The van der Waals surface area contributed by atoms with Crippen molar-refractivity contribution in [3.63, 3.8) is 0 Å². The smallest absolute Gasteiger partial charge is 0.744 e. The maximum atomic E-state index is 11.2. The number of hydrogen-bond acceptors (Lipinski definition) is 4. The molecular formula is C14H12NNaO3S. The van der Waals surface area contributed by atoms with Crippen molar-refractivity contribution in [3.05, 3.63) is 59.7 Å². The predicted molar refractivity (Wildman–Crippen MR) is 74.2 cm³/mol. The van der Waals surface area contributed by atoms with Crippen LogP contribution in [0.3, 0.4) is 0 Å². The molecule has 0 saturated heterocycles. The third-order valence-corrected chi connectivity index (χ3v) is 3.45. The van der Waals surface area contributed by atoms with E-state index >= 15 is 0 Å². The monoisotopic (exact) mass is 297 g/mol. The fraction of sp³-hybridized carbons (Fsp3) is 0. The first-order chi connectivity index (χ1) is 8.97. The van der Waals surface area contributed by atoms with Gasteiger partial charge in [-0.05, 0) is 23.3 Å². The first-order valence-corrected chi connectivity index (χ1v) is 6.96. The van der Waals surface area contributed by atoms with Gasteiger partial charge in [-0.3, -0.25) is 0 Å². The van der Waals surface area contributed by atoms with Gasteiger partial charge in [0.1, 0.15) is 10.1 Å². The van der Waals surface area contributed by atoms with Gasteiger partial charge in [0.15, 0.2) is 0 Å². The van der Waals surface area contributed by atoms with Crippen LogP contribution in [0, 0.1) is 0 Å². The molecule has 20 heavy (non-hydrogen) atoms. The molecule has 0 aliphatic rings. The Kier molecular flexibility index (Phi) is 5.98. The quantitative estimate of drug-likeness (QED) is 0.353. The molecule has 0 saturated carbocycles. The summed E-state index contributed by atoms with van der Waals surface area (Å²) in [5, 5.41) is 0. The molecule has 0 atom stereocenters. The van der Waals surface area contributed by atoms with Crippen molar-refractivity contribution in [1.82, 2.24) is 0 Å². The summed E-state index contributed by atoms with van der Waals surface area (Å²) in [6.45, 7) is 0. The molecule has 2 N–H and O–H groups in total. The van der Waals surface area contributed by atoms with Gasteiger partial charge in [0.05, 0.1) is 4.90 Å². The summed E-state index contributed by atoms with van der Waals surface area (Å²) in [7, 11) is -4.54. The fourth-order valence-corrected chi connectivity index (χ4v) is 2.36. The van der Waals surface area contributed by atoms with Gasteiger partial charge in [-0.15, -0.1) is 0 Å². The van der Waals surface area contributed by atoms with Gasteiger partial charge in [-0.1, -0.05) is 48.6 Å². The van der Waals surface area contributed by atoms with E-state index in [-0.39, 0.29) is 40.1 Å². The van der Waals surface area contributed by atoms with Gasteiger partial charge >= 0.3 is 29.6 Å². The van der Waals surface area contributed by atoms with Crippen LogP contribution in [-0.2, 0) is 10.1 Å². The maximum Gasteiger partial charge on any atom is 1.00 e. The minimum Gasteiger partial charge on any atom is -0.744 e. The number of benzene rings is 2. The number of rotatable bonds is 3. The Morgan fingerprint density at radius 3 is 2.25 bits per heavy atom. The Labute approximate surface area is 140 Å². The Morgan fingerprint density at radius 2 is 1.65 bits per heavy atom. The molecule has 0 unspecified atom stereocenters. The molecule has 2 aromatic rings. The zero-order valence-corrected chi connectivity index (χ0v) is 13.8. The average molecular weight is 297 g/mol. The standard InChI is InChI=1S/C14H13NO3S.Na/c15-13-9-8-12(14(10-13)19(16,17)18)7-6-11-4-2-1-3-5-11;/h1-10H,15H2,(H,16,17,18);/q;+1/p-1. The second-order valence-electron chi connectivity index (χ2n) is 4.00. The van der Waals surface area contributed by atoms with Crippen LogP contribution in [-0.4, -0.2) is 13.0 Å². The van der Waals surface area contributed by atoms with Gasteiger partial charge < -0.3 is 10.3 Å². The summed E-state index contributed by atoms with van der Waals surface area (Å²) >= 11 is 0. The number of nitrogen functional groups attached to an aromatic ring is 1. The minimum atomic E-state index is -4.54. The molecule has 0 aliphatic carbocycles. The Morgan fingerprint density at radius 1 is 1.00 bits per heavy atom. The van der Waals surface area contributed by atoms with Gasteiger partial charge in [-0.2, -0.15) is 0 Å². The molecule has 0 aliphatic heterocycles. The van der Waals surface area contributed by atoms with E-state index < -0.39 is 10.1 Å². The molecule has 0 radical (unpaired) electrons. The van der Waals surface area contributed by atoms with Crippen molar-refractivity contribution < 1.29 is 42.5 Å². The number of nitrogens with two attached hydrogens (primary N) is 1. The largest absolute Gasteiger partial charge is 1.00 e. The Balaban J connectivity index is 0.00000200. The normalized spacial score (nSPS) is 11.2. The zero-order chi connectivity index (χ0) is 13.9. The van der Waals surface area contributed by atoms with Gasteiger partial charge in [-0.25, -0.2) is 8.42 Å². The van der Waals surface area contributed by atoms with Gasteiger partial charge in [0.25, 0.3) is 0 Å². The molecule has 0 bridgehead atoms. The second-order valence-corrected chi connectivity index (χ2v) is 5.34. The number of hydrogen-bond donors (Lipinski definition) is 1. The molecule has 98 valence electrons. The summed E-state index contributed by atoms with van der Waals surface area (Å²) in [4.78, 5) is -0.306. The summed E-state index contributed by atoms with van der Waals surface area (Å²) < 4.78 is 33.5. The van der Waals surface area contributed by atoms with Crippen molar-refractivity contribution in [2.24, 2.45) is 0 Å². The molecule has 0 amide bonds. The van der Waals surface area contributed by atoms with E-state index in [4.69, 9.17) is 5.73 Å². The van der Waals surface area contributed by atoms with Crippen LogP contribution in [0.4, 0.5) is 5.69 Å². The molecule has 0 spiro atoms. The summed E-state index contributed by atoms with van der Waals surface area (Å²) in [6.07, 6.45) is 3.32. The number of anilines is 1. The van der Waals surface area contributed by atoms with Crippen LogP contribution in [0.25, 0.3) is 12.2 Å². The van der Waals surface area contributed by atoms with E-state index in [1.165, 1.54) is 12.1 Å². The molecule has 2 rings (SSSR count). The molecule has 0 heterocycles. The Hall–Kier alpha value is -1.11. The van der Waals surface area contributed by atoms with Crippen molar-refractivity contribution in [1.29, 1.82) is 0 Å². The van der Waals surface area contributed by atoms with E-state index in [0.29, 0.717) is 5.56 Å². The molecule has 0 fully saturated rings. The van der Waals surface area contributed by atoms with Gasteiger partial charge in [0.2, 0.25) is 0 Å². The fourth-order valence-electron chi connectivity index (χ4n) is 1.66. The molecule has 4 nitrogen and oxygen atoms in total. The van der Waals surface area contributed by atoms with Gasteiger partial charge in [0, 0.05) is 5.69 Å². The van der Waals surface area contributed by atoms with Crippen molar-refractivity contribution >= 4 is 28.0 Å². The van der Waals surface area contributed by atoms with Crippen molar-refractivity contribution in [2.75, 3.05) is 5.73 Å². The Bertz CT molecular complexity index is 712.